The summed E-state index contributed by atoms with van der Waals surface area (Å²) in [7, 11) is 0. The van der Waals surface area contributed by atoms with E-state index >= 15 is 0 Å². The van der Waals surface area contributed by atoms with Crippen molar-refractivity contribution in [3.8, 4) is 28.6 Å². The molecule has 13 heteroatoms. The lowest BCUT2D eigenvalue weighted by Gasteiger charge is -2.44. The molecule has 2 fully saturated rings. The number of hydrogen-bond donors (Lipinski definition) is 7. The Hall–Kier alpha value is -3.53. The van der Waals surface area contributed by atoms with E-state index in [9.17, 15) is 40.5 Å². The van der Waals surface area contributed by atoms with Crippen molar-refractivity contribution in [2.45, 2.75) is 89.4 Å². The number of ether oxygens (including phenoxy) is 4. The average molecular weight is 631 g/mol. The van der Waals surface area contributed by atoms with Crippen LogP contribution in [-0.4, -0.2) is 97.7 Å². The third kappa shape index (κ3) is 6.44. The second-order valence-electron chi connectivity index (χ2n) is 11.7. The SMILES string of the molecule is CC(C)=CCc1c(O)cc(O)c2c(=O)c(OC3OC(C)C(O)C(O)C3OC3OCC(O)C(O)C3O)c(-c3ccc(C)cc3)oc12. The van der Waals surface area contributed by atoms with Gasteiger partial charge in [-0.2, -0.15) is 0 Å². The van der Waals surface area contributed by atoms with Crippen molar-refractivity contribution in [2.24, 2.45) is 0 Å². The Bertz CT molecular complexity index is 1610. The smallest absolute Gasteiger partial charge is 0.239 e. The average Bonchev–Trinajstić information content (AvgIpc) is 2.98. The first-order valence-electron chi connectivity index (χ1n) is 14.5. The van der Waals surface area contributed by atoms with Crippen molar-refractivity contribution in [1.29, 1.82) is 0 Å². The number of allylic oxidation sites excluding steroid dienone is 2. The molecular weight excluding hydrogens is 592 g/mol. The Morgan fingerprint density at radius 2 is 1.64 bits per heavy atom. The maximum Gasteiger partial charge on any atom is 0.239 e. The van der Waals surface area contributed by atoms with Crippen LogP contribution in [0.5, 0.6) is 17.2 Å². The van der Waals surface area contributed by atoms with Gasteiger partial charge in [-0.1, -0.05) is 41.5 Å². The van der Waals surface area contributed by atoms with Crippen LogP contribution >= 0.6 is 0 Å². The number of aromatic hydroxyl groups is 2. The van der Waals surface area contributed by atoms with E-state index < -0.39 is 78.8 Å². The van der Waals surface area contributed by atoms with Gasteiger partial charge in [0.25, 0.3) is 0 Å². The Balaban J connectivity index is 1.65. The van der Waals surface area contributed by atoms with Gasteiger partial charge >= 0.3 is 0 Å². The molecule has 3 heterocycles. The molecule has 9 atom stereocenters. The highest BCUT2D eigenvalue weighted by Crippen LogP contribution is 2.40. The lowest BCUT2D eigenvalue weighted by Crippen LogP contribution is -2.62. The maximum atomic E-state index is 14.2. The van der Waals surface area contributed by atoms with Gasteiger partial charge in [-0.3, -0.25) is 4.79 Å². The third-order valence-corrected chi connectivity index (χ3v) is 7.98. The van der Waals surface area contributed by atoms with E-state index in [0.717, 1.165) is 17.2 Å². The van der Waals surface area contributed by atoms with Gasteiger partial charge in [0.1, 0.15) is 53.0 Å². The lowest BCUT2D eigenvalue weighted by atomic mass is 9.99. The number of aliphatic hydroxyl groups excluding tert-OH is 5. The van der Waals surface area contributed by atoms with Gasteiger partial charge in [-0.25, -0.2) is 0 Å². The van der Waals surface area contributed by atoms with Gasteiger partial charge in [0, 0.05) is 17.2 Å². The molecule has 2 aromatic carbocycles. The predicted molar refractivity (Wildman–Crippen MR) is 159 cm³/mol. The maximum absolute atomic E-state index is 14.2. The third-order valence-electron chi connectivity index (χ3n) is 7.98. The van der Waals surface area contributed by atoms with Crippen molar-refractivity contribution in [2.75, 3.05) is 6.61 Å². The molecule has 0 bridgehead atoms. The number of fused-ring (bicyclic) bond motifs is 1. The minimum Gasteiger partial charge on any atom is -0.507 e. The molecule has 0 amide bonds. The van der Waals surface area contributed by atoms with Crippen LogP contribution in [0.25, 0.3) is 22.3 Å². The van der Waals surface area contributed by atoms with E-state index in [-0.39, 0.29) is 34.5 Å². The molecule has 13 nitrogen and oxygen atoms in total. The molecule has 45 heavy (non-hydrogen) atoms. The molecule has 0 saturated carbocycles. The van der Waals surface area contributed by atoms with Crippen molar-refractivity contribution < 1.29 is 59.1 Å². The summed E-state index contributed by atoms with van der Waals surface area (Å²) >= 11 is 0. The second kappa shape index (κ2) is 13.1. The number of phenols is 2. The normalized spacial score (nSPS) is 30.3. The minimum atomic E-state index is -1.74. The highest BCUT2D eigenvalue weighted by atomic mass is 16.8. The summed E-state index contributed by atoms with van der Waals surface area (Å²) in [5.41, 5.74) is 1.62. The topological polar surface area (TPSA) is 209 Å². The van der Waals surface area contributed by atoms with Crippen LogP contribution < -0.4 is 10.2 Å². The van der Waals surface area contributed by atoms with Gasteiger partial charge < -0.3 is 59.1 Å². The number of aliphatic hydroxyl groups is 5. The summed E-state index contributed by atoms with van der Waals surface area (Å²) in [5.74, 6) is -1.36. The van der Waals surface area contributed by atoms with E-state index in [0.29, 0.717) is 5.56 Å². The van der Waals surface area contributed by atoms with Crippen LogP contribution in [-0.2, 0) is 20.6 Å². The fourth-order valence-electron chi connectivity index (χ4n) is 5.29. The number of aryl methyl sites for hydroxylation is 1. The molecule has 0 aliphatic carbocycles. The standard InChI is InChI=1S/C32H38O13/c1-13(2)5-10-17-18(33)11-19(34)21-24(38)29(27(43-28(17)21)16-8-6-14(3)7-9-16)44-32-30(25(39)22(36)15(4)42-32)45-31-26(40)23(37)20(35)12-41-31/h5-9,11,15,20,22-23,25-26,30-37,39-40H,10,12H2,1-4H3. The summed E-state index contributed by atoms with van der Waals surface area (Å²) in [6, 6.07) is 7.96. The second-order valence-corrected chi connectivity index (χ2v) is 11.7. The summed E-state index contributed by atoms with van der Waals surface area (Å²) in [6.07, 6.45) is -11.7. The fraction of sp³-hybridized carbons (Fsp3) is 0.469. The number of benzene rings is 2. The molecule has 5 rings (SSSR count). The summed E-state index contributed by atoms with van der Waals surface area (Å²) in [6.45, 7) is 6.67. The van der Waals surface area contributed by atoms with Crippen molar-refractivity contribution in [3.63, 3.8) is 0 Å². The van der Waals surface area contributed by atoms with Gasteiger partial charge in [0.2, 0.25) is 17.5 Å². The Morgan fingerprint density at radius 1 is 0.956 bits per heavy atom. The van der Waals surface area contributed by atoms with E-state index in [2.05, 4.69) is 0 Å². The Kier molecular flexibility index (Phi) is 9.54. The molecule has 7 N–H and O–H groups in total. The van der Waals surface area contributed by atoms with Crippen molar-refractivity contribution in [3.05, 3.63) is 63.3 Å². The first-order chi connectivity index (χ1) is 21.3. The summed E-state index contributed by atoms with van der Waals surface area (Å²) in [4.78, 5) is 14.2. The highest BCUT2D eigenvalue weighted by molar-refractivity contribution is 5.91. The molecule has 3 aromatic rings. The molecule has 2 saturated heterocycles. The Labute approximate surface area is 258 Å². The first kappa shape index (κ1) is 32.9. The molecule has 9 unspecified atom stereocenters. The number of phenolic OH excluding ortho intramolecular Hbond substituents is 2. The van der Waals surface area contributed by atoms with E-state index in [4.69, 9.17) is 23.4 Å². The van der Waals surface area contributed by atoms with E-state index in [1.54, 1.807) is 24.3 Å². The molecule has 1 aromatic heterocycles. The molecule has 2 aliphatic heterocycles. The van der Waals surface area contributed by atoms with Crippen LogP contribution in [0.15, 0.2) is 51.2 Å². The number of rotatable bonds is 7. The van der Waals surface area contributed by atoms with Crippen LogP contribution in [0.4, 0.5) is 0 Å². The van der Waals surface area contributed by atoms with Gasteiger partial charge in [-0.05, 0) is 34.1 Å². The first-order valence-corrected chi connectivity index (χ1v) is 14.5. The van der Waals surface area contributed by atoms with Gasteiger partial charge in [0.15, 0.2) is 18.2 Å². The largest absolute Gasteiger partial charge is 0.507 e. The van der Waals surface area contributed by atoms with E-state index in [1.807, 2.05) is 26.8 Å². The zero-order chi connectivity index (χ0) is 32.7. The predicted octanol–water partition coefficient (Wildman–Crippen LogP) is 1.36. The lowest BCUT2D eigenvalue weighted by molar-refractivity contribution is -0.341. The van der Waals surface area contributed by atoms with Crippen LogP contribution in [0.2, 0.25) is 0 Å². The fourth-order valence-corrected chi connectivity index (χ4v) is 5.29. The molecule has 244 valence electrons. The highest BCUT2D eigenvalue weighted by Gasteiger charge is 2.49. The number of hydrogen-bond acceptors (Lipinski definition) is 13. The molecule has 0 radical (unpaired) electrons. The van der Waals surface area contributed by atoms with Crippen LogP contribution in [0.3, 0.4) is 0 Å². The van der Waals surface area contributed by atoms with Gasteiger partial charge in [-0.15, -0.1) is 0 Å². The zero-order valence-electron chi connectivity index (χ0n) is 25.2. The van der Waals surface area contributed by atoms with Crippen molar-refractivity contribution in [1.82, 2.24) is 0 Å². The molecule has 2 aliphatic rings. The van der Waals surface area contributed by atoms with Gasteiger partial charge in [0.05, 0.1) is 12.7 Å². The minimum absolute atomic E-state index is 0.0645. The monoisotopic (exact) mass is 630 g/mol. The quantitative estimate of drug-likeness (QED) is 0.184. The summed E-state index contributed by atoms with van der Waals surface area (Å²) < 4.78 is 29.3. The zero-order valence-corrected chi connectivity index (χ0v) is 25.2. The summed E-state index contributed by atoms with van der Waals surface area (Å²) in [5, 5.41) is 73.2. The van der Waals surface area contributed by atoms with E-state index in [1.165, 1.54) is 6.92 Å². The van der Waals surface area contributed by atoms with Crippen LogP contribution in [0.1, 0.15) is 31.9 Å². The molecular formula is C32H38O13. The molecule has 0 spiro atoms. The van der Waals surface area contributed by atoms with Crippen LogP contribution in [0, 0.1) is 6.92 Å². The van der Waals surface area contributed by atoms with Crippen molar-refractivity contribution >= 4 is 11.0 Å². The Morgan fingerprint density at radius 3 is 2.31 bits per heavy atom.